The molecular formula is C16H19N3O4. The first-order valence-electron chi connectivity index (χ1n) is 7.15. The molecule has 0 radical (unpaired) electrons. The lowest BCUT2D eigenvalue weighted by Gasteiger charge is -2.17. The van der Waals surface area contributed by atoms with Crippen molar-refractivity contribution in [3.63, 3.8) is 0 Å². The van der Waals surface area contributed by atoms with Crippen molar-refractivity contribution in [2.75, 3.05) is 0 Å². The number of nitrogens with one attached hydrogen (secondary N) is 1. The van der Waals surface area contributed by atoms with Crippen LogP contribution in [0.2, 0.25) is 0 Å². The Hall–Kier alpha value is -2.83. The molecule has 7 heteroatoms. The van der Waals surface area contributed by atoms with Crippen LogP contribution < -0.4 is 11.1 Å². The molecule has 1 heterocycles. The van der Waals surface area contributed by atoms with Gasteiger partial charge in [-0.2, -0.15) is 0 Å². The molecule has 0 saturated heterocycles. The zero-order valence-electron chi connectivity index (χ0n) is 13.0. The Morgan fingerprint density at radius 2 is 2.00 bits per heavy atom. The van der Waals surface area contributed by atoms with Crippen LogP contribution in [0.5, 0.6) is 0 Å². The van der Waals surface area contributed by atoms with Gasteiger partial charge >= 0.3 is 12.0 Å². The minimum Gasteiger partial charge on any atom is -0.461 e. The Morgan fingerprint density at radius 1 is 1.30 bits per heavy atom. The normalized spacial score (nSPS) is 11.7. The van der Waals surface area contributed by atoms with Crippen molar-refractivity contribution in [1.82, 2.24) is 10.5 Å². The van der Waals surface area contributed by atoms with E-state index in [1.165, 1.54) is 0 Å². The molecule has 7 nitrogen and oxygen atoms in total. The van der Waals surface area contributed by atoms with Crippen molar-refractivity contribution in [2.45, 2.75) is 32.9 Å². The number of hydrogen-bond acceptors (Lipinski definition) is 5. The van der Waals surface area contributed by atoms with Crippen LogP contribution in [-0.2, 0) is 16.1 Å². The third-order valence-corrected chi connectivity index (χ3v) is 3.45. The number of ether oxygens (including phenoxy) is 1. The number of aryl methyl sites for hydroxylation is 2. The molecule has 1 atom stereocenters. The van der Waals surface area contributed by atoms with Gasteiger partial charge in [-0.05, 0) is 19.4 Å². The first-order valence-corrected chi connectivity index (χ1v) is 7.15. The third-order valence-electron chi connectivity index (χ3n) is 3.45. The van der Waals surface area contributed by atoms with E-state index >= 15 is 0 Å². The van der Waals surface area contributed by atoms with Crippen LogP contribution in [0, 0.1) is 13.8 Å². The molecule has 0 spiro atoms. The summed E-state index contributed by atoms with van der Waals surface area (Å²) >= 11 is 0. The maximum Gasteiger partial charge on any atom is 0.312 e. The molecule has 2 amide bonds. The molecule has 1 aromatic heterocycles. The molecule has 0 fully saturated rings. The van der Waals surface area contributed by atoms with Crippen molar-refractivity contribution in [3.05, 3.63) is 52.9 Å². The van der Waals surface area contributed by atoms with E-state index in [1.807, 2.05) is 30.3 Å². The van der Waals surface area contributed by atoms with E-state index in [0.717, 1.165) is 11.1 Å². The molecule has 0 aliphatic heterocycles. The minimum atomic E-state index is -0.697. The summed E-state index contributed by atoms with van der Waals surface area (Å²) in [6.07, 6.45) is -0.0175. The topological polar surface area (TPSA) is 107 Å². The second kappa shape index (κ2) is 7.44. The number of nitrogens with zero attached hydrogens (tertiary/aromatic N) is 1. The Kier molecular flexibility index (Phi) is 5.35. The van der Waals surface area contributed by atoms with Crippen LogP contribution in [0.4, 0.5) is 4.79 Å². The summed E-state index contributed by atoms with van der Waals surface area (Å²) in [5.74, 6) is 0.165. The highest BCUT2D eigenvalue weighted by Crippen LogP contribution is 2.18. The Morgan fingerprint density at radius 3 is 2.57 bits per heavy atom. The molecule has 0 aliphatic rings. The van der Waals surface area contributed by atoms with Crippen LogP contribution in [0.15, 0.2) is 34.9 Å². The van der Waals surface area contributed by atoms with Gasteiger partial charge in [-0.15, -0.1) is 0 Å². The van der Waals surface area contributed by atoms with E-state index in [0.29, 0.717) is 11.5 Å². The average molecular weight is 317 g/mol. The summed E-state index contributed by atoms with van der Waals surface area (Å²) in [5, 5.41) is 6.35. The molecule has 0 unspecified atom stereocenters. The second-order valence-electron chi connectivity index (χ2n) is 5.14. The summed E-state index contributed by atoms with van der Waals surface area (Å²) in [5.41, 5.74) is 7.39. The molecule has 1 aromatic carbocycles. The van der Waals surface area contributed by atoms with Crippen molar-refractivity contribution in [1.29, 1.82) is 0 Å². The van der Waals surface area contributed by atoms with Gasteiger partial charge < -0.3 is 20.3 Å². The van der Waals surface area contributed by atoms with Gasteiger partial charge in [-0.25, -0.2) is 4.79 Å². The van der Waals surface area contributed by atoms with Crippen LogP contribution in [-0.4, -0.2) is 17.2 Å². The zero-order chi connectivity index (χ0) is 16.8. The van der Waals surface area contributed by atoms with Crippen LogP contribution in [0.3, 0.4) is 0 Å². The van der Waals surface area contributed by atoms with Gasteiger partial charge in [0.25, 0.3) is 0 Å². The van der Waals surface area contributed by atoms with Gasteiger partial charge in [0, 0.05) is 0 Å². The lowest BCUT2D eigenvalue weighted by Crippen LogP contribution is -2.34. The molecule has 2 aromatic rings. The maximum atomic E-state index is 12.1. The Bertz CT molecular complexity index is 662. The van der Waals surface area contributed by atoms with Crippen molar-refractivity contribution in [3.8, 4) is 0 Å². The van der Waals surface area contributed by atoms with E-state index in [-0.39, 0.29) is 13.0 Å². The van der Waals surface area contributed by atoms with Gasteiger partial charge in [-0.1, -0.05) is 35.5 Å². The summed E-state index contributed by atoms with van der Waals surface area (Å²) in [4.78, 5) is 23.2. The molecule has 3 N–H and O–H groups in total. The number of hydrogen-bond donors (Lipinski definition) is 2. The number of esters is 1. The van der Waals surface area contributed by atoms with Gasteiger partial charge in [0.2, 0.25) is 0 Å². The molecular weight excluding hydrogens is 298 g/mol. The lowest BCUT2D eigenvalue weighted by atomic mass is 10.0. The number of aromatic nitrogens is 1. The standard InChI is InChI=1S/C16H19N3O4/c1-10-13(11(2)23-19-10)9-22-15(20)8-14(18-16(17)21)12-6-4-3-5-7-12/h3-7,14H,8-9H2,1-2H3,(H3,17,18,21)/t14-/m0/s1. The number of urea groups is 1. The quantitative estimate of drug-likeness (QED) is 0.794. The van der Waals surface area contributed by atoms with Gasteiger partial charge in [0.05, 0.1) is 23.7 Å². The Labute approximate surface area is 133 Å². The highest BCUT2D eigenvalue weighted by Gasteiger charge is 2.19. The van der Waals surface area contributed by atoms with E-state index in [9.17, 15) is 9.59 Å². The lowest BCUT2D eigenvalue weighted by molar-refractivity contribution is -0.145. The van der Waals surface area contributed by atoms with Crippen LogP contribution in [0.1, 0.15) is 35.0 Å². The summed E-state index contributed by atoms with van der Waals surface area (Å²) < 4.78 is 10.3. The number of benzene rings is 1. The number of primary amides is 1. The average Bonchev–Trinajstić information content (AvgIpc) is 2.84. The molecule has 0 bridgehead atoms. The number of carbonyl (C=O) groups is 2. The van der Waals surface area contributed by atoms with Crippen molar-refractivity contribution >= 4 is 12.0 Å². The monoisotopic (exact) mass is 317 g/mol. The fourth-order valence-electron chi connectivity index (χ4n) is 2.20. The van der Waals surface area contributed by atoms with Gasteiger partial charge in [-0.3, -0.25) is 4.79 Å². The van der Waals surface area contributed by atoms with Crippen molar-refractivity contribution < 1.29 is 18.8 Å². The van der Waals surface area contributed by atoms with Crippen molar-refractivity contribution in [2.24, 2.45) is 5.73 Å². The number of rotatable bonds is 6. The molecule has 122 valence electrons. The highest BCUT2D eigenvalue weighted by atomic mass is 16.5. The predicted molar refractivity (Wildman–Crippen MR) is 82.3 cm³/mol. The maximum absolute atomic E-state index is 12.1. The van der Waals surface area contributed by atoms with E-state index in [1.54, 1.807) is 13.8 Å². The smallest absolute Gasteiger partial charge is 0.312 e. The van der Waals surface area contributed by atoms with Gasteiger partial charge in [0.1, 0.15) is 12.4 Å². The number of amides is 2. The fourth-order valence-corrected chi connectivity index (χ4v) is 2.20. The van der Waals surface area contributed by atoms with E-state index in [2.05, 4.69) is 10.5 Å². The SMILES string of the molecule is Cc1noc(C)c1COC(=O)C[C@H](NC(N)=O)c1ccccc1. The summed E-state index contributed by atoms with van der Waals surface area (Å²) in [6, 6.07) is 7.87. The molecule has 2 rings (SSSR count). The summed E-state index contributed by atoms with van der Waals surface area (Å²) in [7, 11) is 0. The third kappa shape index (κ3) is 4.57. The summed E-state index contributed by atoms with van der Waals surface area (Å²) in [6.45, 7) is 3.61. The zero-order valence-corrected chi connectivity index (χ0v) is 13.0. The second-order valence-corrected chi connectivity index (χ2v) is 5.14. The first kappa shape index (κ1) is 16.5. The molecule has 0 aliphatic carbocycles. The first-order chi connectivity index (χ1) is 11.0. The van der Waals surface area contributed by atoms with Crippen LogP contribution in [0.25, 0.3) is 0 Å². The van der Waals surface area contributed by atoms with Gasteiger partial charge in [0.15, 0.2) is 0 Å². The highest BCUT2D eigenvalue weighted by molar-refractivity contribution is 5.75. The Balaban J connectivity index is 1.99. The van der Waals surface area contributed by atoms with E-state index in [4.69, 9.17) is 15.0 Å². The van der Waals surface area contributed by atoms with E-state index < -0.39 is 18.0 Å². The number of carbonyl (C=O) groups excluding carboxylic acids is 2. The van der Waals surface area contributed by atoms with Crippen LogP contribution >= 0.6 is 0 Å². The molecule has 0 saturated carbocycles. The number of nitrogens with two attached hydrogens (primary N) is 1. The fraction of sp³-hybridized carbons (Fsp3) is 0.312. The minimum absolute atomic E-state index is 0.0175. The predicted octanol–water partition coefficient (Wildman–Crippen LogP) is 2.13. The molecule has 23 heavy (non-hydrogen) atoms. The largest absolute Gasteiger partial charge is 0.461 e.